The predicted octanol–water partition coefficient (Wildman–Crippen LogP) is 3.17. The van der Waals surface area contributed by atoms with Gasteiger partial charge in [0.1, 0.15) is 5.01 Å². The third-order valence-electron chi connectivity index (χ3n) is 4.28. The van der Waals surface area contributed by atoms with Gasteiger partial charge in [0.25, 0.3) is 0 Å². The molecule has 0 aliphatic carbocycles. The molecule has 128 valence electrons. The van der Waals surface area contributed by atoms with E-state index in [2.05, 4.69) is 29.4 Å². The minimum absolute atomic E-state index is 0.0785. The quantitative estimate of drug-likeness (QED) is 0.864. The molecule has 1 aliphatic rings. The van der Waals surface area contributed by atoms with Crippen LogP contribution in [0.1, 0.15) is 69.7 Å². The number of carbonyl (C=O) groups excluding carboxylic acids is 2. The molecule has 1 N–H and O–H groups in total. The summed E-state index contributed by atoms with van der Waals surface area (Å²) in [6, 6.07) is 0. The van der Waals surface area contributed by atoms with Gasteiger partial charge in [-0.05, 0) is 25.7 Å². The third-order valence-corrected chi connectivity index (χ3v) is 5.28. The highest BCUT2D eigenvalue weighted by atomic mass is 32.1. The van der Waals surface area contributed by atoms with Gasteiger partial charge in [0.05, 0.1) is 6.54 Å². The summed E-state index contributed by atoms with van der Waals surface area (Å²) < 4.78 is 0. The lowest BCUT2D eigenvalue weighted by Crippen LogP contribution is -2.39. The lowest BCUT2D eigenvalue weighted by atomic mass is 10.1. The van der Waals surface area contributed by atoms with Crippen LogP contribution in [0.3, 0.4) is 0 Å². The number of carbonyl (C=O) groups is 2. The second-order valence-corrected chi connectivity index (χ2v) is 7.00. The van der Waals surface area contributed by atoms with E-state index in [1.165, 1.54) is 11.3 Å². The lowest BCUT2D eigenvalue weighted by molar-refractivity contribution is -0.135. The van der Waals surface area contributed by atoms with Crippen molar-refractivity contribution >= 4 is 28.3 Å². The molecule has 0 radical (unpaired) electrons. The zero-order valence-corrected chi connectivity index (χ0v) is 14.8. The molecular formula is C16H26N4O2S. The van der Waals surface area contributed by atoms with Gasteiger partial charge >= 0.3 is 0 Å². The second kappa shape index (κ2) is 8.96. The molecule has 0 saturated carbocycles. The van der Waals surface area contributed by atoms with E-state index in [-0.39, 0.29) is 18.4 Å². The largest absolute Gasteiger partial charge is 0.333 e. The first-order chi connectivity index (χ1) is 11.1. The van der Waals surface area contributed by atoms with Crippen LogP contribution in [0.15, 0.2) is 0 Å². The summed E-state index contributed by atoms with van der Waals surface area (Å²) in [5, 5.41) is 12.5. The Kier molecular flexibility index (Phi) is 6.95. The van der Waals surface area contributed by atoms with Crippen LogP contribution in [0.2, 0.25) is 0 Å². The first-order valence-corrected chi connectivity index (χ1v) is 9.36. The number of nitrogens with one attached hydrogen (secondary N) is 1. The fourth-order valence-corrected chi connectivity index (χ4v) is 3.83. The maximum atomic E-state index is 12.2. The molecule has 0 spiro atoms. The van der Waals surface area contributed by atoms with E-state index < -0.39 is 0 Å². The number of amides is 2. The Balaban J connectivity index is 1.89. The highest BCUT2D eigenvalue weighted by molar-refractivity contribution is 7.15. The summed E-state index contributed by atoms with van der Waals surface area (Å²) in [5.74, 6) is 0.287. The van der Waals surface area contributed by atoms with E-state index >= 15 is 0 Å². The Labute approximate surface area is 141 Å². The van der Waals surface area contributed by atoms with Gasteiger partial charge in [0.2, 0.25) is 16.9 Å². The predicted molar refractivity (Wildman–Crippen MR) is 91.5 cm³/mol. The van der Waals surface area contributed by atoms with Crippen molar-refractivity contribution in [2.45, 2.75) is 64.7 Å². The van der Waals surface area contributed by atoms with Crippen molar-refractivity contribution in [1.29, 1.82) is 0 Å². The summed E-state index contributed by atoms with van der Waals surface area (Å²) in [4.78, 5) is 25.9. The van der Waals surface area contributed by atoms with Crippen LogP contribution >= 0.6 is 11.3 Å². The number of likely N-dealkylation sites (tertiary alicyclic amines) is 1. The van der Waals surface area contributed by atoms with Crippen LogP contribution < -0.4 is 5.32 Å². The van der Waals surface area contributed by atoms with E-state index in [0.717, 1.165) is 43.5 Å². The molecule has 2 heterocycles. The average Bonchev–Trinajstić information content (AvgIpc) is 2.96. The molecule has 2 rings (SSSR count). The number of anilines is 1. The topological polar surface area (TPSA) is 75.2 Å². The SMILES string of the molecule is CCC(CC)c1nnc(NC(=O)CN2CCCCCCC2=O)s1. The van der Waals surface area contributed by atoms with Crippen molar-refractivity contribution in [1.82, 2.24) is 15.1 Å². The molecule has 0 atom stereocenters. The van der Waals surface area contributed by atoms with E-state index in [4.69, 9.17) is 0 Å². The summed E-state index contributed by atoms with van der Waals surface area (Å²) >= 11 is 1.43. The van der Waals surface area contributed by atoms with E-state index in [1.807, 2.05) is 0 Å². The van der Waals surface area contributed by atoms with Gasteiger partial charge in [-0.15, -0.1) is 10.2 Å². The van der Waals surface area contributed by atoms with Crippen LogP contribution in [0.25, 0.3) is 0 Å². The molecule has 0 unspecified atom stereocenters. The van der Waals surface area contributed by atoms with Crippen LogP contribution in [-0.2, 0) is 9.59 Å². The van der Waals surface area contributed by atoms with Gasteiger partial charge in [-0.2, -0.15) is 0 Å². The summed E-state index contributed by atoms with van der Waals surface area (Å²) in [7, 11) is 0. The molecule has 1 aromatic rings. The van der Waals surface area contributed by atoms with Crippen molar-refractivity contribution in [3.63, 3.8) is 0 Å². The smallest absolute Gasteiger partial charge is 0.245 e. The standard InChI is InChI=1S/C16H26N4O2S/c1-3-12(4-2)15-18-19-16(23-15)17-13(21)11-20-10-8-6-5-7-9-14(20)22/h12H,3-11H2,1-2H3,(H,17,19,21). The number of rotatable bonds is 6. The number of hydrogen-bond donors (Lipinski definition) is 1. The highest BCUT2D eigenvalue weighted by Crippen LogP contribution is 2.28. The zero-order valence-electron chi connectivity index (χ0n) is 14.0. The summed E-state index contributed by atoms with van der Waals surface area (Å²) in [5.41, 5.74) is 0. The first-order valence-electron chi connectivity index (χ1n) is 8.55. The number of hydrogen-bond acceptors (Lipinski definition) is 5. The molecule has 1 aliphatic heterocycles. The fourth-order valence-electron chi connectivity index (χ4n) is 2.80. The zero-order chi connectivity index (χ0) is 16.7. The molecule has 1 aromatic heterocycles. The van der Waals surface area contributed by atoms with Crippen LogP contribution in [0.5, 0.6) is 0 Å². The Hall–Kier alpha value is -1.50. The normalized spacial score (nSPS) is 16.3. The minimum Gasteiger partial charge on any atom is -0.333 e. The van der Waals surface area contributed by atoms with E-state index in [0.29, 0.717) is 24.0 Å². The molecule has 1 saturated heterocycles. The highest BCUT2D eigenvalue weighted by Gasteiger charge is 2.20. The molecule has 1 fully saturated rings. The Morgan fingerprint density at radius 2 is 1.96 bits per heavy atom. The number of nitrogens with zero attached hydrogens (tertiary/aromatic N) is 3. The van der Waals surface area contributed by atoms with Gasteiger partial charge in [-0.25, -0.2) is 0 Å². The van der Waals surface area contributed by atoms with Gasteiger partial charge in [-0.3, -0.25) is 14.9 Å². The van der Waals surface area contributed by atoms with Gasteiger partial charge in [0.15, 0.2) is 0 Å². The minimum atomic E-state index is -0.189. The average molecular weight is 338 g/mol. The molecule has 7 heteroatoms. The van der Waals surface area contributed by atoms with Crippen LogP contribution in [-0.4, -0.2) is 40.0 Å². The van der Waals surface area contributed by atoms with E-state index in [9.17, 15) is 9.59 Å². The summed E-state index contributed by atoms with van der Waals surface area (Å²) in [6.45, 7) is 5.03. The Morgan fingerprint density at radius 3 is 2.70 bits per heavy atom. The summed E-state index contributed by atoms with van der Waals surface area (Å²) in [6.07, 6.45) is 6.70. The van der Waals surface area contributed by atoms with Crippen molar-refractivity contribution in [3.05, 3.63) is 5.01 Å². The first kappa shape index (κ1) is 17.8. The maximum Gasteiger partial charge on any atom is 0.245 e. The van der Waals surface area contributed by atoms with Gasteiger partial charge in [-0.1, -0.05) is 38.0 Å². The third kappa shape index (κ3) is 5.27. The molecule has 0 bridgehead atoms. The lowest BCUT2D eigenvalue weighted by Gasteiger charge is -2.23. The second-order valence-electron chi connectivity index (χ2n) is 5.99. The molecule has 0 aromatic carbocycles. The Morgan fingerprint density at radius 1 is 1.22 bits per heavy atom. The van der Waals surface area contributed by atoms with Gasteiger partial charge in [0, 0.05) is 18.9 Å². The van der Waals surface area contributed by atoms with Crippen molar-refractivity contribution in [2.24, 2.45) is 0 Å². The van der Waals surface area contributed by atoms with Crippen LogP contribution in [0.4, 0.5) is 5.13 Å². The van der Waals surface area contributed by atoms with Gasteiger partial charge < -0.3 is 4.90 Å². The molecule has 23 heavy (non-hydrogen) atoms. The monoisotopic (exact) mass is 338 g/mol. The molecule has 6 nitrogen and oxygen atoms in total. The molecular weight excluding hydrogens is 312 g/mol. The Bertz CT molecular complexity index is 528. The fraction of sp³-hybridized carbons (Fsp3) is 0.750. The molecule has 2 amide bonds. The van der Waals surface area contributed by atoms with Crippen molar-refractivity contribution < 1.29 is 9.59 Å². The van der Waals surface area contributed by atoms with Crippen LogP contribution in [0, 0.1) is 0 Å². The maximum absolute atomic E-state index is 12.2. The van der Waals surface area contributed by atoms with Crippen molar-refractivity contribution in [3.8, 4) is 0 Å². The van der Waals surface area contributed by atoms with E-state index in [1.54, 1.807) is 4.90 Å². The number of aromatic nitrogens is 2. The van der Waals surface area contributed by atoms with Crippen molar-refractivity contribution in [2.75, 3.05) is 18.4 Å².